The van der Waals surface area contributed by atoms with Crippen LogP contribution in [0.4, 0.5) is 4.79 Å². The molecule has 1 amide bonds. The minimum Gasteiger partial charge on any atom is -0.445 e. The Bertz CT molecular complexity index is 645. The largest absolute Gasteiger partial charge is 0.445 e. The summed E-state index contributed by atoms with van der Waals surface area (Å²) in [6.07, 6.45) is 1.75. The lowest BCUT2D eigenvalue weighted by Gasteiger charge is -2.25. The van der Waals surface area contributed by atoms with E-state index in [4.69, 9.17) is 4.74 Å². The second kappa shape index (κ2) is 6.97. The zero-order valence-electron chi connectivity index (χ0n) is 12.2. The number of carbonyl (C=O) groups is 1. The highest BCUT2D eigenvalue weighted by molar-refractivity contribution is 9.10. The van der Waals surface area contributed by atoms with Gasteiger partial charge >= 0.3 is 6.09 Å². The number of hydrogen-bond acceptors (Lipinski definition) is 2. The standard InChI is InChI=1S/C18H18BrNO2/c19-16-10-5-4-9-15(16)17-11-6-12-20(17)18(21)22-13-14-7-2-1-3-8-14/h1-5,7-10,17H,6,11-13H2. The van der Waals surface area contributed by atoms with Crippen molar-refractivity contribution in [3.8, 4) is 0 Å². The normalized spacial score (nSPS) is 17.5. The van der Waals surface area contributed by atoms with Gasteiger partial charge in [0, 0.05) is 11.0 Å². The summed E-state index contributed by atoms with van der Waals surface area (Å²) in [7, 11) is 0. The van der Waals surface area contributed by atoms with Crippen molar-refractivity contribution < 1.29 is 9.53 Å². The van der Waals surface area contributed by atoms with Gasteiger partial charge in [0.1, 0.15) is 6.61 Å². The van der Waals surface area contributed by atoms with Crippen LogP contribution in [0.25, 0.3) is 0 Å². The fourth-order valence-corrected chi connectivity index (χ4v) is 3.41. The molecule has 0 saturated carbocycles. The minimum atomic E-state index is -0.234. The van der Waals surface area contributed by atoms with Gasteiger partial charge in [-0.05, 0) is 30.0 Å². The van der Waals surface area contributed by atoms with E-state index in [2.05, 4.69) is 22.0 Å². The molecule has 0 aromatic heterocycles. The summed E-state index contributed by atoms with van der Waals surface area (Å²) in [6, 6.07) is 17.9. The van der Waals surface area contributed by atoms with Crippen LogP contribution in [0.2, 0.25) is 0 Å². The molecule has 1 saturated heterocycles. The first-order valence-corrected chi connectivity index (χ1v) is 8.27. The number of ether oxygens (including phenoxy) is 1. The third-order valence-corrected chi connectivity index (χ3v) is 4.68. The first-order valence-electron chi connectivity index (χ1n) is 7.47. The topological polar surface area (TPSA) is 29.5 Å². The molecule has 3 nitrogen and oxygen atoms in total. The van der Waals surface area contributed by atoms with E-state index in [-0.39, 0.29) is 12.1 Å². The van der Waals surface area contributed by atoms with Crippen molar-refractivity contribution in [2.24, 2.45) is 0 Å². The molecule has 114 valence electrons. The molecule has 1 aliphatic heterocycles. The quantitative estimate of drug-likeness (QED) is 0.777. The molecule has 0 aliphatic carbocycles. The lowest BCUT2D eigenvalue weighted by atomic mass is 10.1. The second-order valence-electron chi connectivity index (χ2n) is 5.41. The fraction of sp³-hybridized carbons (Fsp3) is 0.278. The molecule has 0 bridgehead atoms. The van der Waals surface area contributed by atoms with Crippen LogP contribution in [-0.2, 0) is 11.3 Å². The van der Waals surface area contributed by atoms with Crippen molar-refractivity contribution in [2.75, 3.05) is 6.54 Å². The van der Waals surface area contributed by atoms with Gasteiger partial charge in [-0.2, -0.15) is 0 Å². The lowest BCUT2D eigenvalue weighted by Crippen LogP contribution is -2.31. The van der Waals surface area contributed by atoms with Crippen molar-refractivity contribution in [3.63, 3.8) is 0 Å². The van der Waals surface area contributed by atoms with Crippen LogP contribution < -0.4 is 0 Å². The van der Waals surface area contributed by atoms with Crippen molar-refractivity contribution in [3.05, 3.63) is 70.2 Å². The highest BCUT2D eigenvalue weighted by Crippen LogP contribution is 2.36. The van der Waals surface area contributed by atoms with Crippen molar-refractivity contribution in [1.82, 2.24) is 4.90 Å². The highest BCUT2D eigenvalue weighted by atomic mass is 79.9. The summed E-state index contributed by atoms with van der Waals surface area (Å²) < 4.78 is 6.52. The molecule has 3 rings (SSSR count). The lowest BCUT2D eigenvalue weighted by molar-refractivity contribution is 0.0920. The third kappa shape index (κ3) is 3.33. The van der Waals surface area contributed by atoms with E-state index in [0.29, 0.717) is 6.61 Å². The van der Waals surface area contributed by atoms with Gasteiger partial charge < -0.3 is 9.64 Å². The highest BCUT2D eigenvalue weighted by Gasteiger charge is 2.32. The number of rotatable bonds is 3. The molecular formula is C18H18BrNO2. The van der Waals surface area contributed by atoms with Gasteiger partial charge in [0.15, 0.2) is 0 Å². The molecule has 4 heteroatoms. The Morgan fingerprint density at radius 3 is 2.64 bits per heavy atom. The second-order valence-corrected chi connectivity index (χ2v) is 6.27. The SMILES string of the molecule is O=C(OCc1ccccc1)N1CCCC1c1ccccc1Br. The number of nitrogens with zero attached hydrogens (tertiary/aromatic N) is 1. The molecule has 1 fully saturated rings. The average molecular weight is 360 g/mol. The minimum absolute atomic E-state index is 0.0962. The van der Waals surface area contributed by atoms with Crippen LogP contribution in [0.5, 0.6) is 0 Å². The Hall–Kier alpha value is -1.81. The summed E-state index contributed by atoms with van der Waals surface area (Å²) in [6.45, 7) is 1.07. The van der Waals surface area contributed by atoms with Gasteiger partial charge in [0.05, 0.1) is 6.04 Å². The van der Waals surface area contributed by atoms with Crippen LogP contribution in [0.3, 0.4) is 0 Å². The maximum Gasteiger partial charge on any atom is 0.410 e. The van der Waals surface area contributed by atoms with Crippen LogP contribution in [-0.4, -0.2) is 17.5 Å². The summed E-state index contributed by atoms with van der Waals surface area (Å²) in [5.74, 6) is 0. The molecule has 2 aromatic carbocycles. The molecule has 1 aliphatic rings. The number of amides is 1. The van der Waals surface area contributed by atoms with Crippen LogP contribution in [0.15, 0.2) is 59.1 Å². The van der Waals surface area contributed by atoms with Crippen LogP contribution in [0, 0.1) is 0 Å². The van der Waals surface area contributed by atoms with E-state index in [1.807, 2.05) is 53.4 Å². The van der Waals surface area contributed by atoms with E-state index >= 15 is 0 Å². The monoisotopic (exact) mass is 359 g/mol. The molecule has 2 aromatic rings. The van der Waals surface area contributed by atoms with Crippen molar-refractivity contribution >= 4 is 22.0 Å². The Labute approximate surface area is 139 Å². The van der Waals surface area contributed by atoms with Gasteiger partial charge in [-0.25, -0.2) is 4.79 Å². The summed E-state index contributed by atoms with van der Waals surface area (Å²) in [5, 5.41) is 0. The zero-order chi connectivity index (χ0) is 15.4. The Kier molecular flexibility index (Phi) is 4.78. The number of hydrogen-bond donors (Lipinski definition) is 0. The van der Waals surface area contributed by atoms with E-state index in [0.717, 1.165) is 35.0 Å². The average Bonchev–Trinajstić information content (AvgIpc) is 3.03. The Balaban J connectivity index is 1.68. The smallest absolute Gasteiger partial charge is 0.410 e. The predicted octanol–water partition coefficient (Wildman–Crippen LogP) is 4.92. The molecule has 22 heavy (non-hydrogen) atoms. The molecule has 0 spiro atoms. The maximum atomic E-state index is 12.4. The molecule has 1 heterocycles. The molecule has 0 N–H and O–H groups in total. The molecular weight excluding hydrogens is 342 g/mol. The van der Waals surface area contributed by atoms with Crippen LogP contribution in [0.1, 0.15) is 30.0 Å². The first kappa shape index (κ1) is 15.1. The van der Waals surface area contributed by atoms with Gasteiger partial charge in [-0.15, -0.1) is 0 Å². The summed E-state index contributed by atoms with van der Waals surface area (Å²) >= 11 is 3.58. The maximum absolute atomic E-state index is 12.4. The van der Waals surface area contributed by atoms with E-state index < -0.39 is 0 Å². The van der Waals surface area contributed by atoms with Crippen molar-refractivity contribution in [1.29, 1.82) is 0 Å². The predicted molar refractivity (Wildman–Crippen MR) is 89.5 cm³/mol. The third-order valence-electron chi connectivity index (χ3n) is 3.96. The van der Waals surface area contributed by atoms with E-state index in [1.165, 1.54) is 0 Å². The van der Waals surface area contributed by atoms with Gasteiger partial charge in [-0.3, -0.25) is 0 Å². The summed E-state index contributed by atoms with van der Waals surface area (Å²) in [5.41, 5.74) is 2.16. The van der Waals surface area contributed by atoms with Gasteiger partial charge in [-0.1, -0.05) is 64.5 Å². The Morgan fingerprint density at radius 1 is 1.14 bits per heavy atom. The zero-order valence-corrected chi connectivity index (χ0v) is 13.8. The summed E-state index contributed by atoms with van der Waals surface area (Å²) in [4.78, 5) is 14.2. The molecule has 1 unspecified atom stereocenters. The first-order chi connectivity index (χ1) is 10.8. The number of carbonyl (C=O) groups excluding carboxylic acids is 1. The molecule has 0 radical (unpaired) electrons. The molecule has 1 atom stereocenters. The van der Waals surface area contributed by atoms with Gasteiger partial charge in [0.2, 0.25) is 0 Å². The fourth-order valence-electron chi connectivity index (χ4n) is 2.86. The van der Waals surface area contributed by atoms with E-state index in [1.54, 1.807) is 0 Å². The van der Waals surface area contributed by atoms with Gasteiger partial charge in [0.25, 0.3) is 0 Å². The van der Waals surface area contributed by atoms with Crippen molar-refractivity contribution in [2.45, 2.75) is 25.5 Å². The number of likely N-dealkylation sites (tertiary alicyclic amines) is 1. The van der Waals surface area contributed by atoms with Crippen LogP contribution >= 0.6 is 15.9 Å². The number of benzene rings is 2. The van der Waals surface area contributed by atoms with E-state index in [9.17, 15) is 4.79 Å². The Morgan fingerprint density at radius 2 is 1.86 bits per heavy atom. The number of halogens is 1.